The predicted molar refractivity (Wildman–Crippen MR) is 76.0 cm³/mol. The monoisotopic (exact) mass is 269 g/mol. The third kappa shape index (κ3) is 5.94. The summed E-state index contributed by atoms with van der Waals surface area (Å²) in [5, 5.41) is 14.1. The summed E-state index contributed by atoms with van der Waals surface area (Å²) < 4.78 is 0. The summed E-state index contributed by atoms with van der Waals surface area (Å²) in [6.45, 7) is 2.67. The molecule has 5 nitrogen and oxygen atoms in total. The minimum absolute atomic E-state index is 0.125. The molecule has 1 amide bonds. The molecule has 1 aliphatic carbocycles. The SMILES string of the molecule is CCCCC1CCC(C(=O)NCCC(N)=NO)CC1. The van der Waals surface area contributed by atoms with E-state index in [0.29, 0.717) is 13.0 Å². The van der Waals surface area contributed by atoms with Crippen LogP contribution in [0.4, 0.5) is 0 Å². The fourth-order valence-electron chi connectivity index (χ4n) is 2.71. The number of hydrogen-bond donors (Lipinski definition) is 3. The average molecular weight is 269 g/mol. The van der Waals surface area contributed by atoms with Crippen molar-refractivity contribution in [2.45, 2.75) is 58.3 Å². The Morgan fingerprint density at radius 1 is 1.37 bits per heavy atom. The molecule has 1 aliphatic rings. The minimum Gasteiger partial charge on any atom is -0.409 e. The highest BCUT2D eigenvalue weighted by molar-refractivity contribution is 5.82. The van der Waals surface area contributed by atoms with Crippen molar-refractivity contribution in [3.63, 3.8) is 0 Å². The number of amides is 1. The Kier molecular flexibility index (Phi) is 7.30. The minimum atomic E-state index is 0.125. The molecule has 5 heteroatoms. The van der Waals surface area contributed by atoms with Gasteiger partial charge in [0.25, 0.3) is 0 Å². The summed E-state index contributed by atoms with van der Waals surface area (Å²) in [7, 11) is 0. The number of oxime groups is 1. The van der Waals surface area contributed by atoms with Crippen molar-refractivity contribution in [2.75, 3.05) is 6.54 Å². The van der Waals surface area contributed by atoms with Crippen LogP contribution >= 0.6 is 0 Å². The summed E-state index contributed by atoms with van der Waals surface area (Å²) in [4.78, 5) is 11.9. The molecule has 0 aromatic heterocycles. The number of rotatable bonds is 7. The second-order valence-electron chi connectivity index (χ2n) is 5.49. The van der Waals surface area contributed by atoms with Crippen LogP contribution in [0, 0.1) is 11.8 Å². The van der Waals surface area contributed by atoms with E-state index >= 15 is 0 Å². The highest BCUT2D eigenvalue weighted by Gasteiger charge is 2.25. The standard InChI is InChI=1S/C14H27N3O2/c1-2-3-4-11-5-7-12(8-6-11)14(18)16-10-9-13(15)17-19/h11-12,19H,2-10H2,1H3,(H2,15,17)(H,16,18). The van der Waals surface area contributed by atoms with Gasteiger partial charge in [-0.05, 0) is 31.6 Å². The smallest absolute Gasteiger partial charge is 0.223 e. The van der Waals surface area contributed by atoms with Gasteiger partial charge in [-0.25, -0.2) is 0 Å². The molecule has 1 rings (SSSR count). The fourth-order valence-corrected chi connectivity index (χ4v) is 2.71. The molecule has 0 aliphatic heterocycles. The molecule has 1 saturated carbocycles. The van der Waals surface area contributed by atoms with Crippen molar-refractivity contribution in [1.29, 1.82) is 0 Å². The van der Waals surface area contributed by atoms with Crippen molar-refractivity contribution < 1.29 is 10.0 Å². The fraction of sp³-hybridized carbons (Fsp3) is 0.857. The molecule has 0 unspecified atom stereocenters. The number of amidine groups is 1. The maximum absolute atomic E-state index is 11.9. The van der Waals surface area contributed by atoms with Crippen LogP contribution < -0.4 is 11.1 Å². The molecule has 0 atom stereocenters. The van der Waals surface area contributed by atoms with Gasteiger partial charge in [0.05, 0.1) is 0 Å². The van der Waals surface area contributed by atoms with E-state index in [4.69, 9.17) is 10.9 Å². The second-order valence-corrected chi connectivity index (χ2v) is 5.49. The molecule has 1 fully saturated rings. The van der Waals surface area contributed by atoms with Crippen molar-refractivity contribution in [3.05, 3.63) is 0 Å². The van der Waals surface area contributed by atoms with Gasteiger partial charge in [0.1, 0.15) is 5.84 Å². The van der Waals surface area contributed by atoms with E-state index in [-0.39, 0.29) is 17.7 Å². The molecule has 0 bridgehead atoms. The summed E-state index contributed by atoms with van der Waals surface area (Å²) in [6, 6.07) is 0. The number of carbonyl (C=O) groups excluding carboxylic acids is 1. The van der Waals surface area contributed by atoms with Crippen molar-refractivity contribution >= 4 is 11.7 Å². The first-order chi connectivity index (χ1) is 9.17. The molecule has 0 heterocycles. The molecule has 0 saturated heterocycles. The zero-order valence-electron chi connectivity index (χ0n) is 11.9. The average Bonchev–Trinajstić information content (AvgIpc) is 2.45. The van der Waals surface area contributed by atoms with Gasteiger partial charge in [-0.2, -0.15) is 0 Å². The van der Waals surface area contributed by atoms with Crippen molar-refractivity contribution in [2.24, 2.45) is 22.7 Å². The highest BCUT2D eigenvalue weighted by Crippen LogP contribution is 2.31. The third-order valence-corrected chi connectivity index (χ3v) is 3.99. The molecule has 0 aromatic rings. The molecule has 0 spiro atoms. The Bertz CT molecular complexity index is 297. The second kappa shape index (κ2) is 8.77. The molecule has 0 aromatic carbocycles. The normalized spacial score (nSPS) is 24.2. The van der Waals surface area contributed by atoms with Crippen LogP contribution in [0.2, 0.25) is 0 Å². The first-order valence-corrected chi connectivity index (χ1v) is 7.41. The lowest BCUT2D eigenvalue weighted by Gasteiger charge is -2.27. The predicted octanol–water partition coefficient (Wildman–Crippen LogP) is 2.24. The Hall–Kier alpha value is -1.26. The zero-order chi connectivity index (χ0) is 14.1. The number of nitrogens with two attached hydrogens (primary N) is 1. The molecule has 4 N–H and O–H groups in total. The summed E-state index contributed by atoms with van der Waals surface area (Å²) in [5.41, 5.74) is 5.35. The van der Waals surface area contributed by atoms with Gasteiger partial charge in [0, 0.05) is 18.9 Å². The first kappa shape index (κ1) is 15.8. The molecule has 110 valence electrons. The van der Waals surface area contributed by atoms with Crippen LogP contribution in [0.1, 0.15) is 58.3 Å². The van der Waals surface area contributed by atoms with E-state index < -0.39 is 0 Å². The van der Waals surface area contributed by atoms with Gasteiger partial charge < -0.3 is 16.3 Å². The van der Waals surface area contributed by atoms with E-state index in [1.165, 1.54) is 32.1 Å². The number of unbranched alkanes of at least 4 members (excludes halogenated alkanes) is 1. The third-order valence-electron chi connectivity index (χ3n) is 3.99. The lowest BCUT2D eigenvalue weighted by atomic mass is 9.79. The van der Waals surface area contributed by atoms with Gasteiger partial charge in [0.2, 0.25) is 5.91 Å². The first-order valence-electron chi connectivity index (χ1n) is 7.41. The molecule has 0 radical (unpaired) electrons. The summed E-state index contributed by atoms with van der Waals surface area (Å²) in [5.74, 6) is 1.26. The van der Waals surface area contributed by atoms with Crippen LogP contribution in [0.3, 0.4) is 0 Å². The van der Waals surface area contributed by atoms with Gasteiger partial charge in [-0.15, -0.1) is 0 Å². The van der Waals surface area contributed by atoms with Gasteiger partial charge in [0.15, 0.2) is 0 Å². The quantitative estimate of drug-likeness (QED) is 0.287. The molecular weight excluding hydrogens is 242 g/mol. The number of hydrogen-bond acceptors (Lipinski definition) is 3. The largest absolute Gasteiger partial charge is 0.409 e. The van der Waals surface area contributed by atoms with E-state index in [2.05, 4.69) is 17.4 Å². The zero-order valence-corrected chi connectivity index (χ0v) is 11.9. The number of carbonyl (C=O) groups is 1. The van der Waals surface area contributed by atoms with E-state index in [1.807, 2.05) is 0 Å². The van der Waals surface area contributed by atoms with Crippen molar-refractivity contribution in [1.82, 2.24) is 5.32 Å². The number of nitrogens with one attached hydrogen (secondary N) is 1. The topological polar surface area (TPSA) is 87.7 Å². The number of nitrogens with zero attached hydrogens (tertiary/aromatic N) is 1. The molecular formula is C14H27N3O2. The van der Waals surface area contributed by atoms with Crippen LogP contribution in [0.15, 0.2) is 5.16 Å². The maximum Gasteiger partial charge on any atom is 0.223 e. The van der Waals surface area contributed by atoms with Crippen LogP contribution in [0.25, 0.3) is 0 Å². The highest BCUT2D eigenvalue weighted by atomic mass is 16.4. The van der Waals surface area contributed by atoms with E-state index in [1.54, 1.807) is 0 Å². The van der Waals surface area contributed by atoms with Gasteiger partial charge >= 0.3 is 0 Å². The summed E-state index contributed by atoms with van der Waals surface area (Å²) in [6.07, 6.45) is 8.64. The Labute approximate surface area is 115 Å². The Balaban J connectivity index is 2.18. The van der Waals surface area contributed by atoms with E-state index in [9.17, 15) is 4.79 Å². The summed E-state index contributed by atoms with van der Waals surface area (Å²) >= 11 is 0. The Morgan fingerprint density at radius 2 is 2.05 bits per heavy atom. The lowest BCUT2D eigenvalue weighted by Crippen LogP contribution is -2.35. The van der Waals surface area contributed by atoms with E-state index in [0.717, 1.165) is 18.8 Å². The van der Waals surface area contributed by atoms with Gasteiger partial charge in [-0.1, -0.05) is 31.3 Å². The van der Waals surface area contributed by atoms with Crippen LogP contribution in [-0.2, 0) is 4.79 Å². The van der Waals surface area contributed by atoms with Crippen LogP contribution in [0.5, 0.6) is 0 Å². The molecule has 19 heavy (non-hydrogen) atoms. The lowest BCUT2D eigenvalue weighted by molar-refractivity contribution is -0.126. The van der Waals surface area contributed by atoms with Gasteiger partial charge in [-0.3, -0.25) is 4.79 Å². The van der Waals surface area contributed by atoms with Crippen molar-refractivity contribution in [3.8, 4) is 0 Å². The maximum atomic E-state index is 11.9. The van der Waals surface area contributed by atoms with Crippen LogP contribution in [-0.4, -0.2) is 23.5 Å². The Morgan fingerprint density at radius 3 is 2.63 bits per heavy atom.